The van der Waals surface area contributed by atoms with Crippen LogP contribution in [-0.4, -0.2) is 19.5 Å². The highest BCUT2D eigenvalue weighted by molar-refractivity contribution is 6.28. The Morgan fingerprint density at radius 3 is 1.67 bits per heavy atom. The van der Waals surface area contributed by atoms with Gasteiger partial charge < -0.3 is 4.42 Å². The Hall–Kier alpha value is -6.59. The van der Waals surface area contributed by atoms with Crippen molar-refractivity contribution < 1.29 is 4.42 Å². The van der Waals surface area contributed by atoms with Crippen molar-refractivity contribution in [2.45, 2.75) is 0 Å². The van der Waals surface area contributed by atoms with Gasteiger partial charge in [-0.15, -0.1) is 0 Å². The molecule has 0 atom stereocenters. The van der Waals surface area contributed by atoms with Crippen LogP contribution in [0.1, 0.15) is 0 Å². The van der Waals surface area contributed by atoms with Gasteiger partial charge in [0.15, 0.2) is 11.6 Å². The molecule has 0 fully saturated rings. The standard InChI is InChI=1S/C43H26N4O/c1-4-12-27(13-5-1)32-20-21-33-36(25-32)47(43-45-41(28-14-6-2-7-15-28)44-42(46-43)29-16-8-3-9-17-29)35-22-23-37-40(39(33)35)34-24-30-18-10-11-19-31(30)26-38(34)48-37/h1-26H. The molecule has 0 bridgehead atoms. The van der Waals surface area contributed by atoms with Gasteiger partial charge in [0.2, 0.25) is 5.95 Å². The van der Waals surface area contributed by atoms with E-state index in [9.17, 15) is 0 Å². The minimum atomic E-state index is 0.561. The molecule has 0 saturated heterocycles. The van der Waals surface area contributed by atoms with Gasteiger partial charge in [0.1, 0.15) is 11.2 Å². The molecule has 5 heteroatoms. The number of aromatic nitrogens is 4. The zero-order chi connectivity index (χ0) is 31.6. The zero-order valence-corrected chi connectivity index (χ0v) is 25.7. The summed E-state index contributed by atoms with van der Waals surface area (Å²) in [6.45, 7) is 0. The lowest BCUT2D eigenvalue weighted by Crippen LogP contribution is -2.06. The molecular formula is C43H26N4O. The topological polar surface area (TPSA) is 56.7 Å². The lowest BCUT2D eigenvalue weighted by atomic mass is 10.0. The van der Waals surface area contributed by atoms with E-state index in [0.29, 0.717) is 17.6 Å². The molecule has 10 aromatic rings. The lowest BCUT2D eigenvalue weighted by molar-refractivity contribution is 0.669. The molecule has 0 aliphatic heterocycles. The van der Waals surface area contributed by atoms with E-state index in [1.165, 1.54) is 5.39 Å². The average molecular weight is 615 g/mol. The molecule has 7 aromatic carbocycles. The van der Waals surface area contributed by atoms with E-state index in [0.717, 1.165) is 71.4 Å². The van der Waals surface area contributed by atoms with Crippen LogP contribution in [0.2, 0.25) is 0 Å². The van der Waals surface area contributed by atoms with Crippen molar-refractivity contribution in [1.29, 1.82) is 0 Å². The summed E-state index contributed by atoms with van der Waals surface area (Å²) in [4.78, 5) is 15.3. The number of hydrogen-bond donors (Lipinski definition) is 0. The van der Waals surface area contributed by atoms with E-state index in [4.69, 9.17) is 19.4 Å². The molecule has 224 valence electrons. The van der Waals surface area contributed by atoms with Crippen LogP contribution in [0.15, 0.2) is 162 Å². The Kier molecular flexibility index (Phi) is 5.81. The fourth-order valence-electron chi connectivity index (χ4n) is 6.98. The molecule has 0 unspecified atom stereocenters. The quantitative estimate of drug-likeness (QED) is 0.198. The number of fused-ring (bicyclic) bond motifs is 8. The van der Waals surface area contributed by atoms with Crippen LogP contribution in [0.5, 0.6) is 0 Å². The van der Waals surface area contributed by atoms with Crippen LogP contribution >= 0.6 is 0 Å². The molecule has 3 heterocycles. The van der Waals surface area contributed by atoms with Crippen LogP contribution in [0.3, 0.4) is 0 Å². The first-order chi connectivity index (χ1) is 23.8. The first kappa shape index (κ1) is 26.6. The van der Waals surface area contributed by atoms with Gasteiger partial charge in [-0.25, -0.2) is 4.98 Å². The summed E-state index contributed by atoms with van der Waals surface area (Å²) in [5.74, 6) is 1.80. The number of hydrogen-bond acceptors (Lipinski definition) is 4. The number of nitrogens with zero attached hydrogens (tertiary/aromatic N) is 4. The summed E-state index contributed by atoms with van der Waals surface area (Å²) in [5, 5.41) is 6.73. The van der Waals surface area contributed by atoms with Crippen molar-refractivity contribution in [2.24, 2.45) is 0 Å². The molecule has 5 nitrogen and oxygen atoms in total. The molecule has 0 N–H and O–H groups in total. The van der Waals surface area contributed by atoms with E-state index in [1.807, 2.05) is 66.7 Å². The molecule has 0 spiro atoms. The fraction of sp³-hybridized carbons (Fsp3) is 0. The molecule has 3 aromatic heterocycles. The van der Waals surface area contributed by atoms with E-state index in [-0.39, 0.29) is 0 Å². The third-order valence-electron chi connectivity index (χ3n) is 9.23. The normalized spacial score (nSPS) is 11.8. The lowest BCUT2D eigenvalue weighted by Gasteiger charge is -2.11. The monoisotopic (exact) mass is 614 g/mol. The van der Waals surface area contributed by atoms with Crippen molar-refractivity contribution in [3.63, 3.8) is 0 Å². The van der Waals surface area contributed by atoms with Crippen LogP contribution < -0.4 is 0 Å². The highest BCUT2D eigenvalue weighted by Gasteiger charge is 2.22. The average Bonchev–Trinajstić information content (AvgIpc) is 3.69. The Balaban J connectivity index is 1.35. The van der Waals surface area contributed by atoms with Crippen LogP contribution in [0.25, 0.3) is 94.4 Å². The largest absolute Gasteiger partial charge is 0.456 e. The first-order valence-corrected chi connectivity index (χ1v) is 16.0. The third kappa shape index (κ3) is 4.15. The maximum Gasteiger partial charge on any atom is 0.238 e. The second kappa shape index (κ2) is 10.5. The summed E-state index contributed by atoms with van der Waals surface area (Å²) in [6.07, 6.45) is 0. The Labute approximate surface area is 275 Å². The van der Waals surface area contributed by atoms with Gasteiger partial charge in [-0.2, -0.15) is 9.97 Å². The molecule has 0 radical (unpaired) electrons. The van der Waals surface area contributed by atoms with Gasteiger partial charge in [-0.05, 0) is 52.2 Å². The Morgan fingerprint density at radius 2 is 1.00 bits per heavy atom. The van der Waals surface area contributed by atoms with E-state index < -0.39 is 0 Å². The van der Waals surface area contributed by atoms with Crippen molar-refractivity contribution in [3.05, 3.63) is 158 Å². The molecule has 0 aliphatic rings. The minimum absolute atomic E-state index is 0.561. The molecule has 0 saturated carbocycles. The van der Waals surface area contributed by atoms with Gasteiger partial charge in [0.05, 0.1) is 11.0 Å². The summed E-state index contributed by atoms with van der Waals surface area (Å²) < 4.78 is 8.72. The van der Waals surface area contributed by atoms with Crippen LogP contribution in [0, 0.1) is 0 Å². The van der Waals surface area contributed by atoms with E-state index in [1.54, 1.807) is 0 Å². The Morgan fingerprint density at radius 1 is 0.396 bits per heavy atom. The van der Waals surface area contributed by atoms with Crippen molar-refractivity contribution in [1.82, 2.24) is 19.5 Å². The zero-order valence-electron chi connectivity index (χ0n) is 25.7. The molecule has 10 rings (SSSR count). The SMILES string of the molecule is c1ccc(-c2ccc3c4c5c(ccc4n(-c4nc(-c6ccccc6)nc(-c6ccccc6)n4)c3c2)oc2cc3ccccc3cc25)cc1. The first-order valence-electron chi connectivity index (χ1n) is 16.0. The maximum atomic E-state index is 6.53. The predicted octanol–water partition coefficient (Wildman–Crippen LogP) is 11.0. The van der Waals surface area contributed by atoms with Gasteiger partial charge in [-0.1, -0.05) is 127 Å². The summed E-state index contributed by atoms with van der Waals surface area (Å²) in [7, 11) is 0. The highest BCUT2D eigenvalue weighted by atomic mass is 16.3. The van der Waals surface area contributed by atoms with Gasteiger partial charge in [0, 0.05) is 32.7 Å². The number of rotatable bonds is 4. The van der Waals surface area contributed by atoms with Crippen LogP contribution in [0.4, 0.5) is 0 Å². The second-order valence-corrected chi connectivity index (χ2v) is 12.1. The summed E-state index contributed by atoms with van der Waals surface area (Å²) in [5.41, 5.74) is 7.86. The minimum Gasteiger partial charge on any atom is -0.456 e. The Bertz CT molecular complexity index is 2760. The third-order valence-corrected chi connectivity index (χ3v) is 9.23. The van der Waals surface area contributed by atoms with Crippen LogP contribution in [-0.2, 0) is 0 Å². The van der Waals surface area contributed by atoms with Crippen molar-refractivity contribution >= 4 is 54.5 Å². The molecule has 48 heavy (non-hydrogen) atoms. The van der Waals surface area contributed by atoms with Crippen molar-refractivity contribution in [2.75, 3.05) is 0 Å². The van der Waals surface area contributed by atoms with E-state index >= 15 is 0 Å². The molecular weight excluding hydrogens is 589 g/mol. The maximum absolute atomic E-state index is 6.53. The smallest absolute Gasteiger partial charge is 0.238 e. The highest BCUT2D eigenvalue weighted by Crippen LogP contribution is 2.43. The van der Waals surface area contributed by atoms with Gasteiger partial charge >= 0.3 is 0 Å². The summed E-state index contributed by atoms with van der Waals surface area (Å²) >= 11 is 0. The number of benzene rings is 7. The molecule has 0 amide bonds. The number of furan rings is 1. The van der Waals surface area contributed by atoms with E-state index in [2.05, 4.69) is 95.6 Å². The predicted molar refractivity (Wildman–Crippen MR) is 195 cm³/mol. The van der Waals surface area contributed by atoms with Gasteiger partial charge in [-0.3, -0.25) is 4.57 Å². The van der Waals surface area contributed by atoms with Gasteiger partial charge in [0.25, 0.3) is 0 Å². The van der Waals surface area contributed by atoms with Crippen molar-refractivity contribution in [3.8, 4) is 39.9 Å². The molecule has 0 aliphatic carbocycles. The fourth-order valence-corrected chi connectivity index (χ4v) is 6.98. The second-order valence-electron chi connectivity index (χ2n) is 12.1. The summed E-state index contributed by atoms with van der Waals surface area (Å²) in [6, 6.07) is 54.4.